The first-order valence-corrected chi connectivity index (χ1v) is 7.58. The average molecular weight is 314 g/mol. The number of benzene rings is 2. The number of nitrogens with two attached hydrogens (primary N) is 1. The normalized spacial score (nSPS) is 10.8. The molecule has 2 aromatic carbocycles. The highest BCUT2D eigenvalue weighted by molar-refractivity contribution is 6.30. The van der Waals surface area contributed by atoms with Crippen molar-refractivity contribution in [2.75, 3.05) is 0 Å². The number of nitrogens with zero attached hydrogens (tertiary/aromatic N) is 2. The first-order valence-electron chi connectivity index (χ1n) is 7.21. The van der Waals surface area contributed by atoms with E-state index in [0.717, 1.165) is 28.4 Å². The first-order chi connectivity index (χ1) is 10.7. The number of hydrogen-bond donors (Lipinski definition) is 1. The second-order valence-electron chi connectivity index (χ2n) is 5.19. The van der Waals surface area contributed by atoms with Gasteiger partial charge >= 0.3 is 0 Å². The molecule has 1 aromatic heterocycles. The predicted octanol–water partition coefficient (Wildman–Crippen LogP) is 2.45. The molecule has 0 unspecified atom stereocenters. The van der Waals surface area contributed by atoms with E-state index in [9.17, 15) is 0 Å². The third-order valence-electron chi connectivity index (χ3n) is 3.52. The van der Waals surface area contributed by atoms with Crippen LogP contribution in [0.4, 0.5) is 0 Å². The second-order valence-corrected chi connectivity index (χ2v) is 5.62. The van der Waals surface area contributed by atoms with Gasteiger partial charge in [0, 0.05) is 16.5 Å². The van der Waals surface area contributed by atoms with Crippen molar-refractivity contribution in [2.24, 2.45) is 5.73 Å². The van der Waals surface area contributed by atoms with Crippen LogP contribution < -0.4 is 10.8 Å². The molecule has 0 atom stereocenters. The maximum Gasteiger partial charge on any atom is 0.227 e. The van der Waals surface area contributed by atoms with Crippen LogP contribution in [0.3, 0.4) is 0 Å². The SMILES string of the molecule is NCc1[nH+]n(Cc2ccccc2)nc1Cc1ccc(Cl)cc1. The van der Waals surface area contributed by atoms with Crippen LogP contribution in [0.25, 0.3) is 0 Å². The number of aromatic nitrogens is 3. The van der Waals surface area contributed by atoms with Gasteiger partial charge in [0.25, 0.3) is 0 Å². The number of aromatic amines is 1. The third kappa shape index (κ3) is 3.53. The lowest BCUT2D eigenvalue weighted by Gasteiger charge is -1.96. The summed E-state index contributed by atoms with van der Waals surface area (Å²) in [7, 11) is 0. The van der Waals surface area contributed by atoms with E-state index >= 15 is 0 Å². The molecular formula is C17H18ClN4+. The number of nitrogens with one attached hydrogen (secondary N) is 1. The Kier molecular flexibility index (Phi) is 4.51. The van der Waals surface area contributed by atoms with Gasteiger partial charge in [-0.05, 0) is 28.1 Å². The highest BCUT2D eigenvalue weighted by Gasteiger charge is 2.18. The second kappa shape index (κ2) is 6.73. The maximum absolute atomic E-state index is 5.92. The summed E-state index contributed by atoms with van der Waals surface area (Å²) in [6.45, 7) is 1.15. The summed E-state index contributed by atoms with van der Waals surface area (Å²) in [5.74, 6) is 0. The average Bonchev–Trinajstić information content (AvgIpc) is 2.92. The molecule has 0 aliphatic rings. The molecule has 0 aliphatic heterocycles. The molecule has 0 fully saturated rings. The molecule has 0 spiro atoms. The van der Waals surface area contributed by atoms with Gasteiger partial charge in [-0.3, -0.25) is 0 Å². The Morgan fingerprint density at radius 1 is 1.00 bits per heavy atom. The Labute approximate surface area is 134 Å². The summed E-state index contributed by atoms with van der Waals surface area (Å²) in [6, 6.07) is 18.0. The first kappa shape index (κ1) is 14.8. The zero-order chi connectivity index (χ0) is 15.4. The lowest BCUT2D eigenvalue weighted by molar-refractivity contribution is -0.504. The van der Waals surface area contributed by atoms with Crippen LogP contribution >= 0.6 is 11.6 Å². The molecule has 0 radical (unpaired) electrons. The molecule has 3 aromatic rings. The Morgan fingerprint density at radius 3 is 2.41 bits per heavy atom. The van der Waals surface area contributed by atoms with Gasteiger partial charge in [-0.2, -0.15) is 5.10 Å². The van der Waals surface area contributed by atoms with Gasteiger partial charge in [0.15, 0.2) is 5.69 Å². The van der Waals surface area contributed by atoms with Crippen LogP contribution in [-0.4, -0.2) is 9.90 Å². The van der Waals surface area contributed by atoms with Gasteiger partial charge < -0.3 is 5.73 Å². The van der Waals surface area contributed by atoms with E-state index in [0.29, 0.717) is 13.1 Å². The quantitative estimate of drug-likeness (QED) is 0.786. The number of rotatable bonds is 5. The van der Waals surface area contributed by atoms with E-state index in [1.807, 2.05) is 47.3 Å². The van der Waals surface area contributed by atoms with Crippen molar-refractivity contribution in [2.45, 2.75) is 19.5 Å². The van der Waals surface area contributed by atoms with Crippen molar-refractivity contribution >= 4 is 11.6 Å². The van der Waals surface area contributed by atoms with Crippen molar-refractivity contribution in [1.82, 2.24) is 9.90 Å². The summed E-state index contributed by atoms with van der Waals surface area (Å²) < 4.78 is 0. The Balaban J connectivity index is 1.80. The van der Waals surface area contributed by atoms with Gasteiger partial charge in [0.2, 0.25) is 5.69 Å². The van der Waals surface area contributed by atoms with E-state index in [4.69, 9.17) is 17.3 Å². The highest BCUT2D eigenvalue weighted by Crippen LogP contribution is 2.13. The molecular weight excluding hydrogens is 296 g/mol. The smallest absolute Gasteiger partial charge is 0.227 e. The van der Waals surface area contributed by atoms with Crippen molar-refractivity contribution in [3.8, 4) is 0 Å². The largest absolute Gasteiger partial charge is 0.323 e. The van der Waals surface area contributed by atoms with Gasteiger partial charge in [-0.1, -0.05) is 54.1 Å². The van der Waals surface area contributed by atoms with Crippen molar-refractivity contribution < 1.29 is 5.10 Å². The van der Waals surface area contributed by atoms with Crippen LogP contribution in [0.2, 0.25) is 5.02 Å². The number of halogens is 1. The zero-order valence-corrected chi connectivity index (χ0v) is 12.9. The molecule has 0 aliphatic carbocycles. The lowest BCUT2D eigenvalue weighted by atomic mass is 10.1. The summed E-state index contributed by atoms with van der Waals surface area (Å²) >= 11 is 5.92. The predicted molar refractivity (Wildman–Crippen MR) is 86.5 cm³/mol. The van der Waals surface area contributed by atoms with Crippen LogP contribution in [0, 0.1) is 0 Å². The van der Waals surface area contributed by atoms with E-state index in [-0.39, 0.29) is 0 Å². The molecule has 3 N–H and O–H groups in total. The van der Waals surface area contributed by atoms with E-state index < -0.39 is 0 Å². The van der Waals surface area contributed by atoms with E-state index in [2.05, 4.69) is 22.3 Å². The van der Waals surface area contributed by atoms with Gasteiger partial charge in [-0.25, -0.2) is 0 Å². The number of hydrogen-bond acceptors (Lipinski definition) is 2. The monoisotopic (exact) mass is 313 g/mol. The van der Waals surface area contributed by atoms with Crippen LogP contribution in [0.1, 0.15) is 22.5 Å². The molecule has 4 nitrogen and oxygen atoms in total. The molecule has 3 rings (SSSR count). The molecule has 0 saturated heterocycles. The Hall–Kier alpha value is -2.17. The molecule has 0 saturated carbocycles. The standard InChI is InChI=1S/C17H17ClN4/c18-15-8-6-13(7-9-15)10-16-17(11-19)21-22(20-16)12-14-4-2-1-3-5-14/h1-9H,10-12,19H2/p+1. The summed E-state index contributed by atoms with van der Waals surface area (Å²) in [4.78, 5) is 1.84. The lowest BCUT2D eigenvalue weighted by Crippen LogP contribution is -2.24. The van der Waals surface area contributed by atoms with E-state index in [1.165, 1.54) is 5.56 Å². The molecule has 0 bridgehead atoms. The number of H-pyrrole nitrogens is 1. The van der Waals surface area contributed by atoms with Gasteiger partial charge in [0.1, 0.15) is 6.54 Å². The summed E-state index contributed by atoms with van der Waals surface area (Å²) in [6.07, 6.45) is 0.738. The minimum absolute atomic E-state index is 0.442. The fourth-order valence-corrected chi connectivity index (χ4v) is 2.51. The summed E-state index contributed by atoms with van der Waals surface area (Å²) in [5.41, 5.74) is 10.1. The van der Waals surface area contributed by atoms with Gasteiger partial charge in [0.05, 0.1) is 6.54 Å². The minimum atomic E-state index is 0.442. The van der Waals surface area contributed by atoms with Crippen molar-refractivity contribution in [1.29, 1.82) is 0 Å². The molecule has 22 heavy (non-hydrogen) atoms. The fraction of sp³-hybridized carbons (Fsp3) is 0.176. The third-order valence-corrected chi connectivity index (χ3v) is 3.77. The molecule has 1 heterocycles. The fourth-order valence-electron chi connectivity index (χ4n) is 2.38. The highest BCUT2D eigenvalue weighted by atomic mass is 35.5. The molecule has 5 heteroatoms. The molecule has 0 amide bonds. The van der Waals surface area contributed by atoms with Crippen LogP contribution in [0.5, 0.6) is 0 Å². The van der Waals surface area contributed by atoms with Gasteiger partial charge in [-0.15, -0.1) is 0 Å². The Morgan fingerprint density at radius 2 is 1.73 bits per heavy atom. The molecule has 112 valence electrons. The Bertz CT molecular complexity index is 735. The summed E-state index contributed by atoms with van der Waals surface area (Å²) in [5, 5.41) is 8.65. The van der Waals surface area contributed by atoms with Crippen LogP contribution in [0.15, 0.2) is 54.6 Å². The van der Waals surface area contributed by atoms with E-state index in [1.54, 1.807) is 0 Å². The van der Waals surface area contributed by atoms with Crippen molar-refractivity contribution in [3.63, 3.8) is 0 Å². The van der Waals surface area contributed by atoms with Crippen molar-refractivity contribution in [3.05, 3.63) is 82.1 Å². The minimum Gasteiger partial charge on any atom is -0.323 e. The topological polar surface area (TPSA) is 58.0 Å². The maximum atomic E-state index is 5.92. The zero-order valence-electron chi connectivity index (χ0n) is 12.2. The van der Waals surface area contributed by atoms with Crippen LogP contribution in [-0.2, 0) is 19.5 Å².